The average molecular weight is 404 g/mol. The van der Waals surface area contributed by atoms with E-state index in [4.69, 9.17) is 26.8 Å². The quantitative estimate of drug-likeness (QED) is 0.541. The molecular weight excluding hydrogens is 378 g/mol. The number of carbonyl (C=O) groups excluding carboxylic acids is 2. The van der Waals surface area contributed by atoms with Gasteiger partial charge in [0.15, 0.2) is 0 Å². The first-order chi connectivity index (χ1) is 13.1. The lowest BCUT2D eigenvalue weighted by Crippen LogP contribution is -2.42. The van der Waals surface area contributed by atoms with E-state index in [1.807, 2.05) is 18.2 Å². The minimum absolute atomic E-state index is 0.0542. The highest BCUT2D eigenvalue weighted by Crippen LogP contribution is 2.30. The Labute approximate surface area is 170 Å². The summed E-state index contributed by atoms with van der Waals surface area (Å²) in [4.78, 5) is 24.2. The Balaban J connectivity index is 2.08. The summed E-state index contributed by atoms with van der Waals surface area (Å²) < 4.78 is 10.9. The van der Waals surface area contributed by atoms with Crippen LogP contribution in [0.15, 0.2) is 54.6 Å². The maximum Gasteiger partial charge on any atom is 0.308 e. The lowest BCUT2D eigenvalue weighted by Gasteiger charge is -2.30. The van der Waals surface area contributed by atoms with Crippen LogP contribution in [0.3, 0.4) is 0 Å². The number of nitrogens with two attached hydrogens (primary N) is 1. The minimum Gasteiger partial charge on any atom is -0.460 e. The van der Waals surface area contributed by atoms with Crippen molar-refractivity contribution in [3.8, 4) is 0 Å². The minimum atomic E-state index is -1.45. The van der Waals surface area contributed by atoms with Crippen molar-refractivity contribution >= 4 is 23.5 Å². The highest BCUT2D eigenvalue weighted by molar-refractivity contribution is 6.30. The molecule has 0 bridgehead atoms. The van der Waals surface area contributed by atoms with Crippen molar-refractivity contribution in [3.05, 3.63) is 70.7 Å². The topological polar surface area (TPSA) is 78.6 Å². The average Bonchev–Trinajstić information content (AvgIpc) is 2.61. The monoisotopic (exact) mass is 403 g/mol. The maximum atomic E-state index is 12.5. The van der Waals surface area contributed by atoms with Crippen molar-refractivity contribution in [1.29, 1.82) is 0 Å². The summed E-state index contributed by atoms with van der Waals surface area (Å²) in [5.74, 6) is -0.843. The van der Waals surface area contributed by atoms with E-state index in [0.29, 0.717) is 22.6 Å². The van der Waals surface area contributed by atoms with Crippen molar-refractivity contribution in [2.24, 2.45) is 5.73 Å². The van der Waals surface area contributed by atoms with Crippen LogP contribution in [-0.2, 0) is 24.8 Å². The summed E-state index contributed by atoms with van der Waals surface area (Å²) in [6.07, 6.45) is 0.508. The van der Waals surface area contributed by atoms with Gasteiger partial charge in [-0.05, 0) is 39.3 Å². The molecule has 5 nitrogen and oxygen atoms in total. The second kappa shape index (κ2) is 9.22. The summed E-state index contributed by atoms with van der Waals surface area (Å²) in [6.45, 7) is 5.40. The molecule has 0 saturated carbocycles. The smallest absolute Gasteiger partial charge is 0.308 e. The molecular formula is C22H26ClNO4. The molecule has 0 heterocycles. The van der Waals surface area contributed by atoms with Gasteiger partial charge in [-0.1, -0.05) is 54.1 Å². The molecule has 0 spiro atoms. The number of ether oxygens (including phenoxy) is 2. The van der Waals surface area contributed by atoms with E-state index in [1.54, 1.807) is 57.2 Å². The number of rotatable bonds is 7. The van der Waals surface area contributed by atoms with E-state index in [0.717, 1.165) is 0 Å². The van der Waals surface area contributed by atoms with Gasteiger partial charge in [0.25, 0.3) is 0 Å². The Hall–Kier alpha value is -2.37. The Morgan fingerprint density at radius 3 is 1.89 bits per heavy atom. The molecule has 0 fully saturated rings. The number of carbonyl (C=O) groups is 2. The van der Waals surface area contributed by atoms with Gasteiger partial charge in [0.2, 0.25) is 5.72 Å². The van der Waals surface area contributed by atoms with Crippen LogP contribution in [0.1, 0.15) is 51.2 Å². The zero-order valence-corrected chi connectivity index (χ0v) is 17.2. The van der Waals surface area contributed by atoms with Gasteiger partial charge in [-0.25, -0.2) is 0 Å². The SMILES string of the molecule is CC(C)(C)OC(=O)CCCC(=O)OC(N)(c1ccccc1)c1ccc(Cl)cc1. The number of hydrogen-bond donors (Lipinski definition) is 1. The molecule has 2 aromatic rings. The zero-order chi connectivity index (χ0) is 20.8. The molecule has 2 N–H and O–H groups in total. The zero-order valence-electron chi connectivity index (χ0n) is 16.4. The summed E-state index contributed by atoms with van der Waals surface area (Å²) in [5, 5.41) is 0.558. The van der Waals surface area contributed by atoms with Crippen LogP contribution in [0.2, 0.25) is 5.02 Å². The van der Waals surface area contributed by atoms with Crippen LogP contribution in [0.5, 0.6) is 0 Å². The highest BCUT2D eigenvalue weighted by Gasteiger charge is 2.34. The molecule has 1 unspecified atom stereocenters. The standard InChI is InChI=1S/C22H26ClNO4/c1-21(2,3)27-19(25)10-7-11-20(26)28-22(24,16-8-5-4-6-9-16)17-12-14-18(23)15-13-17/h4-6,8-9,12-15H,7,10-11,24H2,1-3H3. The van der Waals surface area contributed by atoms with Crippen LogP contribution in [-0.4, -0.2) is 17.5 Å². The fraction of sp³-hybridized carbons (Fsp3) is 0.364. The molecule has 0 saturated heterocycles. The summed E-state index contributed by atoms with van der Waals surface area (Å²) in [5.41, 5.74) is 5.77. The van der Waals surface area contributed by atoms with Crippen LogP contribution in [0.25, 0.3) is 0 Å². The van der Waals surface area contributed by atoms with E-state index in [2.05, 4.69) is 0 Å². The highest BCUT2D eigenvalue weighted by atomic mass is 35.5. The fourth-order valence-corrected chi connectivity index (χ4v) is 2.79. The van der Waals surface area contributed by atoms with E-state index in [-0.39, 0.29) is 18.8 Å². The van der Waals surface area contributed by atoms with Crippen LogP contribution < -0.4 is 5.73 Å². The normalized spacial score (nSPS) is 13.5. The fourth-order valence-electron chi connectivity index (χ4n) is 2.67. The second-order valence-electron chi connectivity index (χ2n) is 7.52. The van der Waals surface area contributed by atoms with Gasteiger partial charge < -0.3 is 9.47 Å². The van der Waals surface area contributed by atoms with Crippen molar-refractivity contribution in [2.45, 2.75) is 51.4 Å². The third-order valence-corrected chi connectivity index (χ3v) is 4.18. The molecule has 1 atom stereocenters. The van der Waals surface area contributed by atoms with Gasteiger partial charge in [-0.3, -0.25) is 15.3 Å². The lowest BCUT2D eigenvalue weighted by molar-refractivity contribution is -0.157. The van der Waals surface area contributed by atoms with Crippen molar-refractivity contribution in [1.82, 2.24) is 0 Å². The first-order valence-corrected chi connectivity index (χ1v) is 9.52. The molecule has 150 valence electrons. The molecule has 0 amide bonds. The molecule has 6 heteroatoms. The van der Waals surface area contributed by atoms with E-state index in [1.165, 1.54) is 0 Å². The second-order valence-corrected chi connectivity index (χ2v) is 7.96. The number of hydrogen-bond acceptors (Lipinski definition) is 5. The number of esters is 2. The van der Waals surface area contributed by atoms with Gasteiger partial charge in [-0.15, -0.1) is 0 Å². The Bertz CT molecular complexity index is 800. The van der Waals surface area contributed by atoms with Crippen molar-refractivity contribution in [2.75, 3.05) is 0 Å². The van der Waals surface area contributed by atoms with E-state index in [9.17, 15) is 9.59 Å². The largest absolute Gasteiger partial charge is 0.460 e. The Morgan fingerprint density at radius 1 is 0.857 bits per heavy atom. The molecule has 0 aromatic heterocycles. The van der Waals surface area contributed by atoms with E-state index < -0.39 is 17.3 Å². The summed E-state index contributed by atoms with van der Waals surface area (Å²) in [7, 11) is 0. The lowest BCUT2D eigenvalue weighted by atomic mass is 9.95. The molecule has 2 rings (SSSR count). The van der Waals surface area contributed by atoms with Crippen LogP contribution >= 0.6 is 11.6 Å². The third-order valence-electron chi connectivity index (χ3n) is 3.93. The van der Waals surface area contributed by atoms with Crippen molar-refractivity contribution < 1.29 is 19.1 Å². The van der Waals surface area contributed by atoms with Gasteiger partial charge in [-0.2, -0.15) is 0 Å². The predicted molar refractivity (Wildman–Crippen MR) is 109 cm³/mol. The summed E-state index contributed by atoms with van der Waals surface area (Å²) >= 11 is 5.97. The third kappa shape index (κ3) is 6.36. The van der Waals surface area contributed by atoms with Crippen LogP contribution in [0.4, 0.5) is 0 Å². The molecule has 0 radical (unpaired) electrons. The van der Waals surface area contributed by atoms with Crippen LogP contribution in [0, 0.1) is 0 Å². The number of halogens is 1. The van der Waals surface area contributed by atoms with Gasteiger partial charge in [0.05, 0.1) is 0 Å². The predicted octanol–water partition coefficient (Wildman–Crippen LogP) is 4.56. The van der Waals surface area contributed by atoms with Gasteiger partial charge in [0.1, 0.15) is 5.60 Å². The van der Waals surface area contributed by atoms with E-state index >= 15 is 0 Å². The molecule has 0 aliphatic rings. The number of benzene rings is 2. The first-order valence-electron chi connectivity index (χ1n) is 9.14. The molecule has 0 aliphatic heterocycles. The van der Waals surface area contributed by atoms with Gasteiger partial charge >= 0.3 is 11.9 Å². The van der Waals surface area contributed by atoms with Crippen molar-refractivity contribution in [3.63, 3.8) is 0 Å². The molecule has 0 aliphatic carbocycles. The molecule has 2 aromatic carbocycles. The van der Waals surface area contributed by atoms with Gasteiger partial charge in [0, 0.05) is 29.0 Å². The summed E-state index contributed by atoms with van der Waals surface area (Å²) in [6, 6.07) is 15.9. The molecule has 28 heavy (non-hydrogen) atoms. The first kappa shape index (κ1) is 21.9. The Morgan fingerprint density at radius 2 is 1.36 bits per heavy atom. The maximum absolute atomic E-state index is 12.5. The Kier molecular flexibility index (Phi) is 7.22.